The Hall–Kier alpha value is -1.75. The van der Waals surface area contributed by atoms with Crippen LogP contribution in [-0.4, -0.2) is 22.2 Å². The van der Waals surface area contributed by atoms with Gasteiger partial charge in [-0.05, 0) is 26.1 Å². The molecule has 0 aliphatic heterocycles. The lowest BCUT2D eigenvalue weighted by atomic mass is 10.2. The molecule has 0 radical (unpaired) electrons. The molecule has 2 aromatic rings. The van der Waals surface area contributed by atoms with Crippen molar-refractivity contribution in [1.29, 1.82) is 0 Å². The van der Waals surface area contributed by atoms with Gasteiger partial charge in [0.05, 0.1) is 12.1 Å². The van der Waals surface area contributed by atoms with Gasteiger partial charge in [0.2, 0.25) is 11.8 Å². The first-order valence-corrected chi connectivity index (χ1v) is 4.69. The predicted octanol–water partition coefficient (Wildman–Crippen LogP) is 1.16. The molecule has 0 aliphatic carbocycles. The molecule has 2 aromatic heterocycles. The van der Waals surface area contributed by atoms with Crippen LogP contribution in [0.5, 0.6) is 0 Å². The average molecular weight is 204 g/mol. The summed E-state index contributed by atoms with van der Waals surface area (Å²) < 4.78 is 5.43. The maximum absolute atomic E-state index is 5.43. The highest BCUT2D eigenvalue weighted by Gasteiger charge is 2.07. The maximum Gasteiger partial charge on any atom is 0.249 e. The third-order valence-corrected chi connectivity index (χ3v) is 1.95. The fraction of sp³-hybridized carbons (Fsp3) is 0.300. The van der Waals surface area contributed by atoms with Crippen molar-refractivity contribution >= 4 is 0 Å². The minimum Gasteiger partial charge on any atom is -0.419 e. The zero-order valence-electron chi connectivity index (χ0n) is 8.69. The number of pyridine rings is 1. The Labute approximate surface area is 87.6 Å². The zero-order valence-corrected chi connectivity index (χ0v) is 8.69. The smallest absolute Gasteiger partial charge is 0.249 e. The molecule has 0 saturated heterocycles. The van der Waals surface area contributed by atoms with Crippen molar-refractivity contribution in [2.75, 3.05) is 7.05 Å². The highest BCUT2D eigenvalue weighted by molar-refractivity contribution is 5.50. The van der Waals surface area contributed by atoms with E-state index < -0.39 is 0 Å². The lowest BCUT2D eigenvalue weighted by molar-refractivity contribution is 0.490. The second-order valence-electron chi connectivity index (χ2n) is 3.22. The van der Waals surface area contributed by atoms with Crippen LogP contribution in [0.2, 0.25) is 0 Å². The Morgan fingerprint density at radius 3 is 2.87 bits per heavy atom. The molecule has 1 N–H and O–H groups in total. The summed E-state index contributed by atoms with van der Waals surface area (Å²) in [4.78, 5) is 4.17. The molecule has 0 atom stereocenters. The van der Waals surface area contributed by atoms with Crippen molar-refractivity contribution in [3.8, 4) is 11.5 Å². The van der Waals surface area contributed by atoms with E-state index in [1.807, 2.05) is 26.1 Å². The maximum atomic E-state index is 5.43. The molecule has 2 heterocycles. The Morgan fingerprint density at radius 2 is 2.20 bits per heavy atom. The molecular weight excluding hydrogens is 192 g/mol. The van der Waals surface area contributed by atoms with Crippen molar-refractivity contribution in [3.05, 3.63) is 29.9 Å². The van der Waals surface area contributed by atoms with Crippen LogP contribution in [0.3, 0.4) is 0 Å². The van der Waals surface area contributed by atoms with Crippen molar-refractivity contribution in [1.82, 2.24) is 20.5 Å². The molecule has 0 spiro atoms. The molecule has 0 fully saturated rings. The van der Waals surface area contributed by atoms with Gasteiger partial charge in [0.15, 0.2) is 0 Å². The fourth-order valence-electron chi connectivity index (χ4n) is 1.19. The minimum absolute atomic E-state index is 0.507. The van der Waals surface area contributed by atoms with Crippen LogP contribution in [0.15, 0.2) is 22.7 Å². The van der Waals surface area contributed by atoms with Crippen molar-refractivity contribution in [2.45, 2.75) is 13.5 Å². The minimum atomic E-state index is 0.507. The highest BCUT2D eigenvalue weighted by Crippen LogP contribution is 2.16. The van der Waals surface area contributed by atoms with Gasteiger partial charge in [-0.25, -0.2) is 0 Å². The summed E-state index contributed by atoms with van der Waals surface area (Å²) in [6.45, 7) is 2.51. The highest BCUT2D eigenvalue weighted by atomic mass is 16.4. The summed E-state index contributed by atoms with van der Waals surface area (Å²) in [7, 11) is 1.83. The average Bonchev–Trinajstić information content (AvgIpc) is 2.68. The lowest BCUT2D eigenvalue weighted by Crippen LogP contribution is -2.04. The molecule has 0 saturated carbocycles. The molecule has 0 bridgehead atoms. The summed E-state index contributed by atoms with van der Waals surface area (Å²) in [6, 6.07) is 3.83. The summed E-state index contributed by atoms with van der Waals surface area (Å²) in [5.74, 6) is 1.08. The summed E-state index contributed by atoms with van der Waals surface area (Å²) in [6.07, 6.45) is 1.73. The second kappa shape index (κ2) is 4.18. The SMILES string of the molecule is CNCc1nnc(-c2ccc(C)nc2)o1. The van der Waals surface area contributed by atoms with Crippen molar-refractivity contribution in [2.24, 2.45) is 0 Å². The van der Waals surface area contributed by atoms with Crippen LogP contribution in [0.25, 0.3) is 11.5 Å². The predicted molar refractivity (Wildman–Crippen MR) is 55.0 cm³/mol. The Morgan fingerprint density at radius 1 is 1.33 bits per heavy atom. The van der Waals surface area contributed by atoms with Gasteiger partial charge in [0.25, 0.3) is 0 Å². The summed E-state index contributed by atoms with van der Waals surface area (Å²) in [5, 5.41) is 10.8. The van der Waals surface area contributed by atoms with E-state index in [0.29, 0.717) is 18.3 Å². The second-order valence-corrected chi connectivity index (χ2v) is 3.22. The molecule has 0 aromatic carbocycles. The van der Waals surface area contributed by atoms with Gasteiger partial charge < -0.3 is 9.73 Å². The molecule has 0 aliphatic rings. The molecule has 5 nitrogen and oxygen atoms in total. The van der Waals surface area contributed by atoms with Crippen LogP contribution < -0.4 is 5.32 Å². The number of aryl methyl sites for hydroxylation is 1. The van der Waals surface area contributed by atoms with E-state index in [1.54, 1.807) is 6.20 Å². The van der Waals surface area contributed by atoms with E-state index in [0.717, 1.165) is 11.3 Å². The van der Waals surface area contributed by atoms with E-state index in [9.17, 15) is 0 Å². The third-order valence-electron chi connectivity index (χ3n) is 1.95. The van der Waals surface area contributed by atoms with Gasteiger partial charge in [-0.1, -0.05) is 0 Å². The quantitative estimate of drug-likeness (QED) is 0.812. The first-order chi connectivity index (χ1) is 7.29. The number of hydrogen-bond donors (Lipinski definition) is 1. The molecular formula is C10H12N4O. The largest absolute Gasteiger partial charge is 0.419 e. The number of hydrogen-bond acceptors (Lipinski definition) is 5. The van der Waals surface area contributed by atoms with Crippen molar-refractivity contribution in [3.63, 3.8) is 0 Å². The van der Waals surface area contributed by atoms with E-state index >= 15 is 0 Å². The van der Waals surface area contributed by atoms with Gasteiger partial charge in [0.1, 0.15) is 0 Å². The molecule has 78 valence electrons. The van der Waals surface area contributed by atoms with Gasteiger partial charge in [0, 0.05) is 11.9 Å². The summed E-state index contributed by atoms with van der Waals surface area (Å²) in [5.41, 5.74) is 1.81. The Balaban J connectivity index is 2.25. The van der Waals surface area contributed by atoms with Gasteiger partial charge in [-0.2, -0.15) is 0 Å². The van der Waals surface area contributed by atoms with E-state index in [-0.39, 0.29) is 0 Å². The number of aromatic nitrogens is 3. The first-order valence-electron chi connectivity index (χ1n) is 4.69. The van der Waals surface area contributed by atoms with E-state index in [2.05, 4.69) is 20.5 Å². The van der Waals surface area contributed by atoms with E-state index in [1.165, 1.54) is 0 Å². The first kappa shape index (κ1) is 9.79. The zero-order chi connectivity index (χ0) is 10.7. The number of nitrogens with one attached hydrogen (secondary N) is 1. The number of nitrogens with zero attached hydrogens (tertiary/aromatic N) is 3. The number of rotatable bonds is 3. The Kier molecular flexibility index (Phi) is 2.73. The molecule has 2 rings (SSSR count). The lowest BCUT2D eigenvalue weighted by Gasteiger charge is -1.94. The molecule has 0 unspecified atom stereocenters. The van der Waals surface area contributed by atoms with Crippen LogP contribution in [0.1, 0.15) is 11.6 Å². The molecule has 0 amide bonds. The van der Waals surface area contributed by atoms with Gasteiger partial charge >= 0.3 is 0 Å². The van der Waals surface area contributed by atoms with E-state index in [4.69, 9.17) is 4.42 Å². The van der Waals surface area contributed by atoms with Crippen LogP contribution in [-0.2, 0) is 6.54 Å². The van der Waals surface area contributed by atoms with Crippen molar-refractivity contribution < 1.29 is 4.42 Å². The van der Waals surface area contributed by atoms with Crippen LogP contribution in [0, 0.1) is 6.92 Å². The monoisotopic (exact) mass is 204 g/mol. The standard InChI is InChI=1S/C10H12N4O/c1-7-3-4-8(5-12-7)10-14-13-9(15-10)6-11-2/h3-5,11H,6H2,1-2H3. The molecule has 15 heavy (non-hydrogen) atoms. The van der Waals surface area contributed by atoms with Crippen LogP contribution in [0.4, 0.5) is 0 Å². The van der Waals surface area contributed by atoms with Crippen LogP contribution >= 0.6 is 0 Å². The third kappa shape index (κ3) is 2.19. The summed E-state index contributed by atoms with van der Waals surface area (Å²) >= 11 is 0. The van der Waals surface area contributed by atoms with Gasteiger partial charge in [-0.3, -0.25) is 4.98 Å². The normalized spacial score (nSPS) is 10.5. The fourth-order valence-corrected chi connectivity index (χ4v) is 1.19. The van der Waals surface area contributed by atoms with Gasteiger partial charge in [-0.15, -0.1) is 10.2 Å². The molecule has 5 heteroatoms. The Bertz CT molecular complexity index is 435. The topological polar surface area (TPSA) is 63.8 Å².